The summed E-state index contributed by atoms with van der Waals surface area (Å²) in [6.45, 7) is 0.934. The third kappa shape index (κ3) is 4.51. The van der Waals surface area contributed by atoms with E-state index in [4.69, 9.17) is 4.74 Å². The zero-order valence-corrected chi connectivity index (χ0v) is 13.1. The second-order valence-electron chi connectivity index (χ2n) is 4.36. The fourth-order valence-corrected chi connectivity index (χ4v) is 2.27. The van der Waals surface area contributed by atoms with Gasteiger partial charge in [-0.05, 0) is 66.0 Å². The molecular weight excluding hydrogens is 349 g/mol. The van der Waals surface area contributed by atoms with Crippen LogP contribution in [0.5, 0.6) is 5.75 Å². The van der Waals surface area contributed by atoms with E-state index in [9.17, 15) is 0 Å². The van der Waals surface area contributed by atoms with E-state index in [0.29, 0.717) is 0 Å². The van der Waals surface area contributed by atoms with Gasteiger partial charge in [-0.15, -0.1) is 0 Å². The SMILES string of the molecule is CNCC[C@@H](Oc1ccc(I)cc1)c1ccccc1. The van der Waals surface area contributed by atoms with Gasteiger partial charge in [0.25, 0.3) is 0 Å². The molecule has 0 aliphatic rings. The lowest BCUT2D eigenvalue weighted by atomic mass is 10.1. The summed E-state index contributed by atoms with van der Waals surface area (Å²) in [5.41, 5.74) is 1.22. The number of halogens is 1. The molecule has 0 fully saturated rings. The van der Waals surface area contributed by atoms with Crippen LogP contribution in [0.15, 0.2) is 54.6 Å². The number of benzene rings is 2. The van der Waals surface area contributed by atoms with Gasteiger partial charge in [0.2, 0.25) is 0 Å². The minimum atomic E-state index is 0.0914. The van der Waals surface area contributed by atoms with Crippen molar-refractivity contribution in [2.75, 3.05) is 13.6 Å². The third-order valence-corrected chi connectivity index (χ3v) is 3.64. The highest BCUT2D eigenvalue weighted by atomic mass is 127. The van der Waals surface area contributed by atoms with Gasteiger partial charge in [-0.25, -0.2) is 0 Å². The van der Waals surface area contributed by atoms with Crippen molar-refractivity contribution in [1.82, 2.24) is 5.32 Å². The smallest absolute Gasteiger partial charge is 0.125 e. The Balaban J connectivity index is 2.11. The Hall–Kier alpha value is -1.07. The Morgan fingerprint density at radius 3 is 2.37 bits per heavy atom. The van der Waals surface area contributed by atoms with Crippen molar-refractivity contribution in [3.63, 3.8) is 0 Å². The molecule has 2 rings (SSSR count). The molecule has 0 spiro atoms. The topological polar surface area (TPSA) is 21.3 Å². The van der Waals surface area contributed by atoms with Crippen LogP contribution in [0.4, 0.5) is 0 Å². The molecule has 100 valence electrons. The quantitative estimate of drug-likeness (QED) is 0.779. The summed E-state index contributed by atoms with van der Waals surface area (Å²) >= 11 is 2.30. The molecule has 0 aromatic heterocycles. The molecule has 2 nitrogen and oxygen atoms in total. The monoisotopic (exact) mass is 367 g/mol. The highest BCUT2D eigenvalue weighted by Crippen LogP contribution is 2.25. The largest absolute Gasteiger partial charge is 0.486 e. The van der Waals surface area contributed by atoms with E-state index in [1.807, 2.05) is 25.2 Å². The standard InChI is InChI=1S/C16H18INO/c1-18-12-11-16(13-5-3-2-4-6-13)19-15-9-7-14(17)8-10-15/h2-10,16,18H,11-12H2,1H3/t16-/m1/s1. The second-order valence-corrected chi connectivity index (χ2v) is 5.61. The van der Waals surface area contributed by atoms with E-state index >= 15 is 0 Å². The number of nitrogens with one attached hydrogen (secondary N) is 1. The van der Waals surface area contributed by atoms with Crippen molar-refractivity contribution in [1.29, 1.82) is 0 Å². The van der Waals surface area contributed by atoms with Gasteiger partial charge in [0.05, 0.1) is 0 Å². The van der Waals surface area contributed by atoms with E-state index in [0.717, 1.165) is 18.7 Å². The molecule has 0 amide bonds. The zero-order chi connectivity index (χ0) is 13.5. The molecule has 0 aliphatic carbocycles. The number of ether oxygens (including phenoxy) is 1. The van der Waals surface area contributed by atoms with Crippen LogP contribution in [0.2, 0.25) is 0 Å². The first-order valence-corrected chi connectivity index (χ1v) is 7.49. The summed E-state index contributed by atoms with van der Waals surface area (Å²) in [4.78, 5) is 0. The Labute approximate surface area is 128 Å². The summed E-state index contributed by atoms with van der Waals surface area (Å²) in [5, 5.41) is 3.18. The molecule has 0 saturated carbocycles. The van der Waals surface area contributed by atoms with Crippen LogP contribution in [-0.4, -0.2) is 13.6 Å². The van der Waals surface area contributed by atoms with Crippen molar-refractivity contribution in [3.8, 4) is 5.75 Å². The van der Waals surface area contributed by atoms with Gasteiger partial charge in [-0.2, -0.15) is 0 Å². The third-order valence-electron chi connectivity index (χ3n) is 2.92. The average molecular weight is 367 g/mol. The molecule has 0 aliphatic heterocycles. The summed E-state index contributed by atoms with van der Waals surface area (Å²) < 4.78 is 7.33. The summed E-state index contributed by atoms with van der Waals surface area (Å²) in [6.07, 6.45) is 1.04. The second kappa shape index (κ2) is 7.50. The molecule has 19 heavy (non-hydrogen) atoms. The molecule has 0 bridgehead atoms. The lowest BCUT2D eigenvalue weighted by molar-refractivity contribution is 0.195. The predicted molar refractivity (Wildman–Crippen MR) is 87.5 cm³/mol. The molecule has 0 heterocycles. The molecule has 0 unspecified atom stereocenters. The van der Waals surface area contributed by atoms with Crippen molar-refractivity contribution in [2.24, 2.45) is 0 Å². The van der Waals surface area contributed by atoms with E-state index in [2.05, 4.69) is 64.3 Å². The van der Waals surface area contributed by atoms with E-state index in [-0.39, 0.29) is 6.10 Å². The van der Waals surface area contributed by atoms with Crippen LogP contribution >= 0.6 is 22.6 Å². The van der Waals surface area contributed by atoms with Crippen molar-refractivity contribution in [2.45, 2.75) is 12.5 Å². The lowest BCUT2D eigenvalue weighted by Crippen LogP contribution is -2.16. The van der Waals surface area contributed by atoms with E-state index < -0.39 is 0 Å². The Morgan fingerprint density at radius 2 is 1.74 bits per heavy atom. The average Bonchev–Trinajstić information content (AvgIpc) is 2.46. The molecule has 0 saturated heterocycles. The summed E-state index contributed by atoms with van der Waals surface area (Å²) in [7, 11) is 1.97. The summed E-state index contributed by atoms with van der Waals surface area (Å²) in [5.74, 6) is 0.922. The van der Waals surface area contributed by atoms with Crippen molar-refractivity contribution < 1.29 is 4.74 Å². The number of hydrogen-bond acceptors (Lipinski definition) is 2. The predicted octanol–water partition coefficient (Wildman–Crippen LogP) is 4.02. The van der Waals surface area contributed by atoms with Gasteiger partial charge >= 0.3 is 0 Å². The maximum absolute atomic E-state index is 6.11. The normalized spacial score (nSPS) is 12.1. The van der Waals surface area contributed by atoms with E-state index in [1.165, 1.54) is 9.13 Å². The van der Waals surface area contributed by atoms with E-state index in [1.54, 1.807) is 0 Å². The number of rotatable bonds is 6. The molecule has 0 radical (unpaired) electrons. The molecule has 1 atom stereocenters. The maximum atomic E-state index is 6.11. The highest BCUT2D eigenvalue weighted by molar-refractivity contribution is 14.1. The van der Waals surface area contributed by atoms with Crippen molar-refractivity contribution in [3.05, 3.63) is 63.7 Å². The van der Waals surface area contributed by atoms with Gasteiger partial charge in [0, 0.05) is 9.99 Å². The van der Waals surface area contributed by atoms with Crippen LogP contribution in [-0.2, 0) is 0 Å². The van der Waals surface area contributed by atoms with Crippen LogP contribution in [0.25, 0.3) is 0 Å². The van der Waals surface area contributed by atoms with Crippen LogP contribution in [0, 0.1) is 3.57 Å². The van der Waals surface area contributed by atoms with Crippen molar-refractivity contribution >= 4 is 22.6 Å². The van der Waals surface area contributed by atoms with Crippen LogP contribution < -0.4 is 10.1 Å². The first-order chi connectivity index (χ1) is 9.29. The van der Waals surface area contributed by atoms with Gasteiger partial charge in [-0.1, -0.05) is 30.3 Å². The molecule has 3 heteroatoms. The fraction of sp³-hybridized carbons (Fsp3) is 0.250. The molecule has 2 aromatic carbocycles. The van der Waals surface area contributed by atoms with Crippen LogP contribution in [0.1, 0.15) is 18.1 Å². The van der Waals surface area contributed by atoms with Gasteiger partial charge < -0.3 is 10.1 Å². The van der Waals surface area contributed by atoms with Gasteiger partial charge in [0.1, 0.15) is 11.9 Å². The minimum absolute atomic E-state index is 0.0914. The highest BCUT2D eigenvalue weighted by Gasteiger charge is 2.12. The Morgan fingerprint density at radius 1 is 1.05 bits per heavy atom. The Kier molecular flexibility index (Phi) is 5.66. The number of hydrogen-bond donors (Lipinski definition) is 1. The first kappa shape index (κ1) is 14.3. The molecule has 1 N–H and O–H groups in total. The van der Waals surface area contributed by atoms with Crippen LogP contribution in [0.3, 0.4) is 0 Å². The molecule has 2 aromatic rings. The fourth-order valence-electron chi connectivity index (χ4n) is 1.91. The zero-order valence-electron chi connectivity index (χ0n) is 11.0. The van der Waals surface area contributed by atoms with Gasteiger partial charge in [-0.3, -0.25) is 0 Å². The van der Waals surface area contributed by atoms with Gasteiger partial charge in [0.15, 0.2) is 0 Å². The summed E-state index contributed by atoms with van der Waals surface area (Å²) in [6, 6.07) is 18.6. The lowest BCUT2D eigenvalue weighted by Gasteiger charge is -2.19. The minimum Gasteiger partial charge on any atom is -0.486 e. The molecular formula is C16H18INO. The Bertz CT molecular complexity index is 484. The maximum Gasteiger partial charge on any atom is 0.125 e. The first-order valence-electron chi connectivity index (χ1n) is 6.41.